The fourth-order valence-corrected chi connectivity index (χ4v) is 2.60. The average molecular weight is 303 g/mol. The molecule has 112 valence electrons. The first-order valence-corrected chi connectivity index (χ1v) is 6.79. The number of nitrogens with one attached hydrogen (secondary N) is 1. The number of rotatable bonds is 4. The molecule has 5 heteroatoms. The van der Waals surface area contributed by atoms with E-state index in [1.807, 2.05) is 0 Å². The Morgan fingerprint density at radius 1 is 1.00 bits per heavy atom. The minimum atomic E-state index is -0.698. The molecule has 0 radical (unpaired) electrons. The van der Waals surface area contributed by atoms with E-state index in [0.29, 0.717) is 28.6 Å². The highest BCUT2D eigenvalue weighted by Gasteiger charge is 2.16. The molecule has 0 atom stereocenters. The first kappa shape index (κ1) is 14.4. The van der Waals surface area contributed by atoms with Crippen LogP contribution in [0.2, 0.25) is 0 Å². The van der Waals surface area contributed by atoms with E-state index in [9.17, 15) is 18.0 Å². The van der Waals surface area contributed by atoms with E-state index >= 15 is 0 Å². The average Bonchev–Trinajstić information content (AvgIpc) is 2.85. The molecule has 0 bridgehead atoms. The molecular weight excluding hydrogens is 291 g/mol. The van der Waals surface area contributed by atoms with Crippen molar-refractivity contribution in [2.24, 2.45) is 0 Å². The van der Waals surface area contributed by atoms with Gasteiger partial charge < -0.3 is 9.78 Å². The van der Waals surface area contributed by atoms with Crippen molar-refractivity contribution in [1.29, 1.82) is 0 Å². The predicted molar refractivity (Wildman–Crippen MR) is 78.0 cm³/mol. The molecule has 1 aromatic heterocycles. The molecule has 0 aliphatic carbocycles. The number of fused-ring (bicyclic) bond motifs is 1. The molecule has 3 rings (SSSR count). The van der Waals surface area contributed by atoms with Gasteiger partial charge in [-0.3, -0.25) is 0 Å². The number of aldehydes is 1. The van der Waals surface area contributed by atoms with Crippen LogP contribution in [0.15, 0.2) is 36.4 Å². The van der Waals surface area contributed by atoms with Crippen LogP contribution in [-0.4, -0.2) is 11.3 Å². The zero-order valence-corrected chi connectivity index (χ0v) is 11.5. The number of carbonyl (C=O) groups is 1. The van der Waals surface area contributed by atoms with Crippen LogP contribution in [0.25, 0.3) is 22.2 Å². The normalized spacial score (nSPS) is 11.0. The maximum absolute atomic E-state index is 13.9. The predicted octanol–water partition coefficient (Wildman–Crippen LogP) is 4.38. The molecular formula is C17H12F3NO. The van der Waals surface area contributed by atoms with Crippen LogP contribution in [0, 0.1) is 17.5 Å². The maximum atomic E-state index is 13.9. The monoisotopic (exact) mass is 303 g/mol. The minimum Gasteiger partial charge on any atom is -0.352 e. The lowest BCUT2D eigenvalue weighted by Gasteiger charge is -2.03. The zero-order valence-electron chi connectivity index (χ0n) is 11.5. The third-order valence-corrected chi connectivity index (χ3v) is 3.58. The number of aromatic amines is 1. The Hall–Kier alpha value is -2.56. The molecule has 1 heterocycles. The second-order valence-corrected chi connectivity index (χ2v) is 5.00. The summed E-state index contributed by atoms with van der Waals surface area (Å²) in [4.78, 5) is 13.6. The quantitative estimate of drug-likeness (QED) is 0.713. The smallest absolute Gasteiger partial charge is 0.150 e. The van der Waals surface area contributed by atoms with Crippen molar-refractivity contribution in [3.8, 4) is 11.3 Å². The highest BCUT2D eigenvalue weighted by atomic mass is 19.1. The van der Waals surface area contributed by atoms with Gasteiger partial charge in [-0.25, -0.2) is 13.2 Å². The van der Waals surface area contributed by atoms with Crippen LogP contribution in [-0.2, 0) is 11.2 Å². The standard InChI is InChI=1S/C17H12F3NO/c18-11-5-3-10(4-6-11)16-13(2-1-7-22)14-8-12(19)9-15(20)17(14)21-16/h3-9,21H,1-2H2. The first-order chi connectivity index (χ1) is 10.6. The molecule has 0 aliphatic heterocycles. The van der Waals surface area contributed by atoms with Crippen LogP contribution in [0.3, 0.4) is 0 Å². The Balaban J connectivity index is 2.25. The second-order valence-electron chi connectivity index (χ2n) is 5.00. The van der Waals surface area contributed by atoms with E-state index in [-0.39, 0.29) is 17.8 Å². The molecule has 0 amide bonds. The van der Waals surface area contributed by atoms with Crippen molar-refractivity contribution >= 4 is 17.2 Å². The van der Waals surface area contributed by atoms with E-state index in [0.717, 1.165) is 12.4 Å². The van der Waals surface area contributed by atoms with Gasteiger partial charge in [-0.15, -0.1) is 0 Å². The Morgan fingerprint density at radius 3 is 2.41 bits per heavy atom. The molecule has 0 saturated carbocycles. The summed E-state index contributed by atoms with van der Waals surface area (Å²) in [5.41, 5.74) is 2.05. The van der Waals surface area contributed by atoms with Gasteiger partial charge in [-0.05, 0) is 47.9 Å². The summed E-state index contributed by atoms with van der Waals surface area (Å²) in [7, 11) is 0. The molecule has 1 N–H and O–H groups in total. The molecule has 0 saturated heterocycles. The molecule has 22 heavy (non-hydrogen) atoms. The van der Waals surface area contributed by atoms with E-state index in [2.05, 4.69) is 4.98 Å². The molecule has 0 fully saturated rings. The van der Waals surface area contributed by atoms with Gasteiger partial charge in [-0.2, -0.15) is 0 Å². The van der Waals surface area contributed by atoms with Gasteiger partial charge in [0.25, 0.3) is 0 Å². The number of benzene rings is 2. The van der Waals surface area contributed by atoms with E-state index in [1.54, 1.807) is 12.1 Å². The van der Waals surface area contributed by atoms with Crippen LogP contribution < -0.4 is 0 Å². The lowest BCUT2D eigenvalue weighted by atomic mass is 10.0. The summed E-state index contributed by atoms with van der Waals surface area (Å²) in [5.74, 6) is -1.76. The Labute approximate surface area is 124 Å². The van der Waals surface area contributed by atoms with Crippen molar-refractivity contribution in [2.75, 3.05) is 0 Å². The summed E-state index contributed by atoms with van der Waals surface area (Å²) < 4.78 is 40.5. The van der Waals surface area contributed by atoms with Crippen LogP contribution in [0.4, 0.5) is 13.2 Å². The van der Waals surface area contributed by atoms with Crippen molar-refractivity contribution in [3.63, 3.8) is 0 Å². The molecule has 2 nitrogen and oxygen atoms in total. The van der Waals surface area contributed by atoms with Crippen LogP contribution in [0.1, 0.15) is 12.0 Å². The van der Waals surface area contributed by atoms with Crippen molar-refractivity contribution in [2.45, 2.75) is 12.8 Å². The fraction of sp³-hybridized carbons (Fsp3) is 0.118. The topological polar surface area (TPSA) is 32.9 Å². The van der Waals surface area contributed by atoms with Gasteiger partial charge in [0.15, 0.2) is 0 Å². The highest BCUT2D eigenvalue weighted by molar-refractivity contribution is 5.91. The zero-order chi connectivity index (χ0) is 15.7. The van der Waals surface area contributed by atoms with Gasteiger partial charge in [0.2, 0.25) is 0 Å². The van der Waals surface area contributed by atoms with Gasteiger partial charge >= 0.3 is 0 Å². The fourth-order valence-electron chi connectivity index (χ4n) is 2.60. The van der Waals surface area contributed by atoms with Crippen LogP contribution in [0.5, 0.6) is 0 Å². The number of aromatic nitrogens is 1. The largest absolute Gasteiger partial charge is 0.352 e. The first-order valence-electron chi connectivity index (χ1n) is 6.79. The Bertz CT molecular complexity index is 837. The van der Waals surface area contributed by atoms with E-state index in [1.165, 1.54) is 18.2 Å². The van der Waals surface area contributed by atoms with Gasteiger partial charge in [0.05, 0.1) is 5.52 Å². The van der Waals surface area contributed by atoms with Crippen molar-refractivity contribution in [1.82, 2.24) is 4.98 Å². The molecule has 0 unspecified atom stereocenters. The van der Waals surface area contributed by atoms with Gasteiger partial charge in [0, 0.05) is 23.6 Å². The third kappa shape index (κ3) is 2.50. The highest BCUT2D eigenvalue weighted by Crippen LogP contribution is 2.33. The lowest BCUT2D eigenvalue weighted by Crippen LogP contribution is -1.90. The molecule has 0 spiro atoms. The summed E-state index contributed by atoms with van der Waals surface area (Å²) in [5, 5.41) is 0.402. The number of aryl methyl sites for hydroxylation is 1. The van der Waals surface area contributed by atoms with Gasteiger partial charge in [-0.1, -0.05) is 0 Å². The summed E-state index contributed by atoms with van der Waals surface area (Å²) >= 11 is 0. The number of H-pyrrole nitrogens is 1. The van der Waals surface area contributed by atoms with Crippen molar-refractivity contribution < 1.29 is 18.0 Å². The summed E-state index contributed by atoms with van der Waals surface area (Å²) in [6.07, 6.45) is 1.33. The van der Waals surface area contributed by atoms with Crippen molar-refractivity contribution in [3.05, 3.63) is 59.4 Å². The summed E-state index contributed by atoms with van der Waals surface area (Å²) in [6, 6.07) is 7.73. The number of hydrogen-bond acceptors (Lipinski definition) is 1. The lowest BCUT2D eigenvalue weighted by molar-refractivity contribution is -0.107. The number of halogens is 3. The minimum absolute atomic E-state index is 0.182. The van der Waals surface area contributed by atoms with Gasteiger partial charge in [0.1, 0.15) is 23.7 Å². The molecule has 3 aromatic rings. The second kappa shape index (κ2) is 5.67. The Kier molecular flexibility index (Phi) is 3.71. The Morgan fingerprint density at radius 2 is 1.73 bits per heavy atom. The van der Waals surface area contributed by atoms with E-state index in [4.69, 9.17) is 0 Å². The third-order valence-electron chi connectivity index (χ3n) is 3.58. The molecule has 2 aromatic carbocycles. The summed E-state index contributed by atoms with van der Waals surface area (Å²) in [6.45, 7) is 0. The number of hydrogen-bond donors (Lipinski definition) is 1. The SMILES string of the molecule is O=CCCc1c(-c2ccc(F)cc2)[nH]c2c(F)cc(F)cc12. The maximum Gasteiger partial charge on any atom is 0.150 e. The molecule has 0 aliphatic rings. The van der Waals surface area contributed by atoms with Crippen LogP contribution >= 0.6 is 0 Å². The number of carbonyl (C=O) groups excluding carboxylic acids is 1. The van der Waals surface area contributed by atoms with E-state index < -0.39 is 11.6 Å².